The third-order valence-corrected chi connectivity index (χ3v) is 5.47. The van der Waals surface area contributed by atoms with Gasteiger partial charge in [0.15, 0.2) is 0 Å². The van der Waals surface area contributed by atoms with Crippen molar-refractivity contribution in [2.24, 2.45) is 5.92 Å². The minimum absolute atomic E-state index is 0.118. The first-order chi connectivity index (χ1) is 12.5. The van der Waals surface area contributed by atoms with Gasteiger partial charge < -0.3 is 10.2 Å². The normalized spacial score (nSPS) is 19.8. The van der Waals surface area contributed by atoms with Crippen molar-refractivity contribution in [1.82, 2.24) is 0 Å². The highest BCUT2D eigenvalue weighted by Gasteiger charge is 2.29. The highest BCUT2D eigenvalue weighted by molar-refractivity contribution is 5.50. The lowest BCUT2D eigenvalue weighted by Crippen LogP contribution is -2.18. The van der Waals surface area contributed by atoms with Crippen molar-refractivity contribution >= 4 is 0 Å². The molecule has 0 fully saturated rings. The molecule has 0 aromatic heterocycles. The average molecular weight is 348 g/mol. The Bertz CT molecular complexity index is 818. The number of allylic oxidation sites excluding steroid dienone is 3. The van der Waals surface area contributed by atoms with Gasteiger partial charge in [0.1, 0.15) is 11.5 Å². The molecule has 0 amide bonds. The second kappa shape index (κ2) is 7.82. The summed E-state index contributed by atoms with van der Waals surface area (Å²) in [5, 5.41) is 20.7. The molecule has 2 atom stereocenters. The first-order valence-corrected chi connectivity index (χ1v) is 9.37. The van der Waals surface area contributed by atoms with E-state index >= 15 is 0 Å². The van der Waals surface area contributed by atoms with Crippen molar-refractivity contribution in [2.75, 3.05) is 0 Å². The number of hydrogen-bond donors (Lipinski definition) is 2. The van der Waals surface area contributed by atoms with E-state index in [1.54, 1.807) is 0 Å². The van der Waals surface area contributed by atoms with Crippen LogP contribution < -0.4 is 0 Å². The number of aromatic hydroxyl groups is 2. The van der Waals surface area contributed by atoms with E-state index in [1.165, 1.54) is 17.2 Å². The fourth-order valence-corrected chi connectivity index (χ4v) is 4.10. The standard InChI is InChI=1S/C24H28O2/c1-16(2)21-12-9-17(3)13-22(21)24-19(14-20(25)15-23(24)26)11-10-18-7-5-4-6-8-18/h4-8,13-15,21-22,25-26H,1,9-12H2,2-3H3/t21-,22-/m1/s1. The van der Waals surface area contributed by atoms with Crippen LogP contribution in [-0.4, -0.2) is 10.2 Å². The van der Waals surface area contributed by atoms with E-state index in [0.717, 1.165) is 42.4 Å². The van der Waals surface area contributed by atoms with E-state index in [4.69, 9.17) is 0 Å². The largest absolute Gasteiger partial charge is 0.508 e. The minimum Gasteiger partial charge on any atom is -0.508 e. The van der Waals surface area contributed by atoms with E-state index in [0.29, 0.717) is 5.92 Å². The van der Waals surface area contributed by atoms with Gasteiger partial charge >= 0.3 is 0 Å². The molecule has 136 valence electrons. The summed E-state index contributed by atoms with van der Waals surface area (Å²) in [6.45, 7) is 8.42. The first kappa shape index (κ1) is 18.3. The lowest BCUT2D eigenvalue weighted by atomic mass is 9.72. The van der Waals surface area contributed by atoms with Crippen LogP contribution in [0.2, 0.25) is 0 Å². The van der Waals surface area contributed by atoms with Crippen LogP contribution in [0.15, 0.2) is 66.3 Å². The Labute approximate surface area is 156 Å². The molecule has 0 aliphatic heterocycles. The van der Waals surface area contributed by atoms with E-state index in [1.807, 2.05) is 24.3 Å². The molecule has 2 aromatic rings. The van der Waals surface area contributed by atoms with Crippen LogP contribution in [0.3, 0.4) is 0 Å². The van der Waals surface area contributed by atoms with Gasteiger partial charge in [0.25, 0.3) is 0 Å². The van der Waals surface area contributed by atoms with Crippen molar-refractivity contribution in [2.45, 2.75) is 45.4 Å². The molecule has 0 saturated carbocycles. The third-order valence-electron chi connectivity index (χ3n) is 5.47. The van der Waals surface area contributed by atoms with E-state index < -0.39 is 0 Å². The number of rotatable bonds is 5. The van der Waals surface area contributed by atoms with Crippen LogP contribution in [0.1, 0.15) is 49.3 Å². The summed E-state index contributed by atoms with van der Waals surface area (Å²) in [6, 6.07) is 13.6. The quantitative estimate of drug-likeness (QED) is 0.661. The lowest BCUT2D eigenvalue weighted by molar-refractivity contribution is 0.423. The Morgan fingerprint density at radius 3 is 2.54 bits per heavy atom. The van der Waals surface area contributed by atoms with Gasteiger partial charge in [-0.15, -0.1) is 0 Å². The van der Waals surface area contributed by atoms with E-state index in [-0.39, 0.29) is 17.4 Å². The van der Waals surface area contributed by atoms with Gasteiger partial charge in [0.05, 0.1) is 0 Å². The fraction of sp³-hybridized carbons (Fsp3) is 0.333. The molecule has 2 N–H and O–H groups in total. The summed E-state index contributed by atoms with van der Waals surface area (Å²) in [7, 11) is 0. The van der Waals surface area contributed by atoms with Gasteiger partial charge in [0, 0.05) is 17.5 Å². The second-order valence-corrected chi connectivity index (χ2v) is 7.55. The summed E-state index contributed by atoms with van der Waals surface area (Å²) in [4.78, 5) is 0. The summed E-state index contributed by atoms with van der Waals surface area (Å²) in [5.74, 6) is 0.755. The smallest absolute Gasteiger partial charge is 0.123 e. The second-order valence-electron chi connectivity index (χ2n) is 7.55. The molecule has 3 rings (SSSR count). The van der Waals surface area contributed by atoms with Gasteiger partial charge in [-0.25, -0.2) is 0 Å². The Kier molecular flexibility index (Phi) is 5.51. The van der Waals surface area contributed by atoms with E-state index in [9.17, 15) is 10.2 Å². The topological polar surface area (TPSA) is 40.5 Å². The van der Waals surface area contributed by atoms with Gasteiger partial charge in [-0.1, -0.05) is 54.1 Å². The van der Waals surface area contributed by atoms with Gasteiger partial charge in [-0.2, -0.15) is 0 Å². The zero-order valence-corrected chi connectivity index (χ0v) is 15.7. The molecule has 2 nitrogen and oxygen atoms in total. The molecule has 2 aromatic carbocycles. The van der Waals surface area contributed by atoms with Crippen molar-refractivity contribution in [3.05, 3.63) is 83.0 Å². The van der Waals surface area contributed by atoms with Crippen LogP contribution >= 0.6 is 0 Å². The maximum Gasteiger partial charge on any atom is 0.123 e. The molecular formula is C24H28O2. The van der Waals surface area contributed by atoms with E-state index in [2.05, 4.69) is 38.6 Å². The molecule has 26 heavy (non-hydrogen) atoms. The molecule has 1 aliphatic rings. The highest BCUT2D eigenvalue weighted by atomic mass is 16.3. The number of benzene rings is 2. The Morgan fingerprint density at radius 1 is 1.12 bits per heavy atom. The summed E-state index contributed by atoms with van der Waals surface area (Å²) >= 11 is 0. The molecule has 1 aliphatic carbocycles. The fourth-order valence-electron chi connectivity index (χ4n) is 4.10. The Balaban J connectivity index is 1.99. The van der Waals surface area contributed by atoms with Crippen molar-refractivity contribution in [3.8, 4) is 11.5 Å². The molecule has 0 unspecified atom stereocenters. The van der Waals surface area contributed by atoms with Crippen LogP contribution in [0, 0.1) is 5.92 Å². The van der Waals surface area contributed by atoms with Crippen molar-refractivity contribution in [1.29, 1.82) is 0 Å². The predicted octanol–water partition coefficient (Wildman–Crippen LogP) is 5.90. The van der Waals surface area contributed by atoms with Crippen LogP contribution in [0.4, 0.5) is 0 Å². The van der Waals surface area contributed by atoms with Crippen molar-refractivity contribution in [3.63, 3.8) is 0 Å². The van der Waals surface area contributed by atoms with Gasteiger partial charge in [-0.3, -0.25) is 0 Å². The van der Waals surface area contributed by atoms with Crippen LogP contribution in [-0.2, 0) is 12.8 Å². The third kappa shape index (κ3) is 4.01. The number of aryl methyl sites for hydroxylation is 2. The molecule has 0 bridgehead atoms. The molecular weight excluding hydrogens is 320 g/mol. The van der Waals surface area contributed by atoms with Crippen LogP contribution in [0.5, 0.6) is 11.5 Å². The maximum atomic E-state index is 10.7. The summed E-state index contributed by atoms with van der Waals surface area (Å²) < 4.78 is 0. The molecule has 0 saturated heterocycles. The van der Waals surface area contributed by atoms with Gasteiger partial charge in [-0.05, 0) is 62.6 Å². The maximum absolute atomic E-state index is 10.7. The molecule has 0 radical (unpaired) electrons. The predicted molar refractivity (Wildman–Crippen MR) is 108 cm³/mol. The number of hydrogen-bond acceptors (Lipinski definition) is 2. The average Bonchev–Trinajstić information content (AvgIpc) is 2.60. The summed E-state index contributed by atoms with van der Waals surface area (Å²) in [6.07, 6.45) is 6.07. The molecule has 0 heterocycles. The molecule has 0 spiro atoms. The van der Waals surface area contributed by atoms with Gasteiger partial charge in [0.2, 0.25) is 0 Å². The summed E-state index contributed by atoms with van der Waals surface area (Å²) in [5.41, 5.74) is 5.74. The Hall–Kier alpha value is -2.48. The zero-order valence-electron chi connectivity index (χ0n) is 15.7. The molecule has 2 heteroatoms. The number of phenolic OH excluding ortho intramolecular Hbond substituents is 2. The monoisotopic (exact) mass is 348 g/mol. The zero-order chi connectivity index (χ0) is 18.7. The Morgan fingerprint density at radius 2 is 1.85 bits per heavy atom. The number of phenols is 2. The van der Waals surface area contributed by atoms with Crippen LogP contribution in [0.25, 0.3) is 0 Å². The lowest BCUT2D eigenvalue weighted by Gasteiger charge is -2.32. The minimum atomic E-state index is 0.118. The first-order valence-electron chi connectivity index (χ1n) is 9.37. The SMILES string of the molecule is C=C(C)[C@H]1CCC(C)=C[C@H]1c1c(O)cc(O)cc1CCc1ccccc1. The highest BCUT2D eigenvalue weighted by Crippen LogP contribution is 2.45. The van der Waals surface area contributed by atoms with Crippen molar-refractivity contribution < 1.29 is 10.2 Å².